The fraction of sp³-hybridized carbons (Fsp3) is 0.185. The number of para-hydroxylation sites is 1. The molecular formula is C27H23ClN4O4. The van der Waals surface area contributed by atoms with E-state index in [1.807, 2.05) is 38.1 Å². The van der Waals surface area contributed by atoms with E-state index in [1.54, 1.807) is 24.3 Å². The topological polar surface area (TPSA) is 119 Å². The SMILES string of the molecule is COC(=O)C1=C(C(=O)OC)N(c2ccc(C)c(C)c2)C(N)=C(C#N)C1c1cc2ccccc2nc1Cl. The van der Waals surface area contributed by atoms with Crippen LogP contribution in [0.4, 0.5) is 5.69 Å². The molecular weight excluding hydrogens is 480 g/mol. The monoisotopic (exact) mass is 502 g/mol. The van der Waals surface area contributed by atoms with Crippen LogP contribution in [0.15, 0.2) is 71.2 Å². The molecule has 0 saturated heterocycles. The third-order valence-electron chi connectivity index (χ3n) is 6.24. The van der Waals surface area contributed by atoms with Gasteiger partial charge in [0.2, 0.25) is 0 Å². The third-order valence-corrected chi connectivity index (χ3v) is 6.54. The number of allylic oxidation sites excluding steroid dienone is 1. The Bertz CT molecular complexity index is 1520. The van der Waals surface area contributed by atoms with Crippen LogP contribution in [0.5, 0.6) is 0 Å². The Morgan fingerprint density at radius 1 is 1.06 bits per heavy atom. The zero-order chi connectivity index (χ0) is 26.1. The first-order valence-electron chi connectivity index (χ1n) is 11.0. The number of methoxy groups -OCH3 is 2. The number of aryl methyl sites for hydroxylation is 2. The van der Waals surface area contributed by atoms with Gasteiger partial charge in [-0.1, -0.05) is 35.9 Å². The Morgan fingerprint density at radius 3 is 2.39 bits per heavy atom. The Hall–Kier alpha value is -4.35. The van der Waals surface area contributed by atoms with Crippen molar-refractivity contribution in [1.82, 2.24) is 4.98 Å². The van der Waals surface area contributed by atoms with Gasteiger partial charge in [-0.05, 0) is 49.2 Å². The maximum absolute atomic E-state index is 13.3. The molecule has 2 N–H and O–H groups in total. The Kier molecular flexibility index (Phi) is 6.69. The number of aromatic nitrogens is 1. The van der Waals surface area contributed by atoms with Gasteiger partial charge in [-0.2, -0.15) is 5.26 Å². The molecule has 9 heteroatoms. The maximum atomic E-state index is 13.3. The van der Waals surface area contributed by atoms with E-state index in [2.05, 4.69) is 11.1 Å². The molecule has 1 aliphatic heterocycles. The number of carbonyl (C=O) groups excluding carboxylic acids is 2. The van der Waals surface area contributed by atoms with Crippen molar-refractivity contribution in [3.63, 3.8) is 0 Å². The normalized spacial score (nSPS) is 15.7. The molecule has 1 atom stereocenters. The number of hydrogen-bond donors (Lipinski definition) is 1. The molecule has 0 fully saturated rings. The minimum absolute atomic E-state index is 0.0141. The fourth-order valence-electron chi connectivity index (χ4n) is 4.29. The molecule has 1 aromatic heterocycles. The highest BCUT2D eigenvalue weighted by molar-refractivity contribution is 6.31. The lowest BCUT2D eigenvalue weighted by molar-refractivity contribution is -0.139. The summed E-state index contributed by atoms with van der Waals surface area (Å²) in [6.45, 7) is 3.84. The van der Waals surface area contributed by atoms with Gasteiger partial charge in [0.05, 0.1) is 42.9 Å². The van der Waals surface area contributed by atoms with Gasteiger partial charge in [0, 0.05) is 16.6 Å². The van der Waals surface area contributed by atoms with Crippen LogP contribution in [0, 0.1) is 25.2 Å². The summed E-state index contributed by atoms with van der Waals surface area (Å²) in [5.41, 5.74) is 9.65. The second-order valence-electron chi connectivity index (χ2n) is 8.25. The van der Waals surface area contributed by atoms with Gasteiger partial charge in [-0.15, -0.1) is 0 Å². The van der Waals surface area contributed by atoms with Gasteiger partial charge in [-0.25, -0.2) is 14.6 Å². The molecule has 0 radical (unpaired) electrons. The van der Waals surface area contributed by atoms with E-state index in [0.29, 0.717) is 16.8 Å². The molecule has 8 nitrogen and oxygen atoms in total. The van der Waals surface area contributed by atoms with Crippen molar-refractivity contribution in [1.29, 1.82) is 5.26 Å². The number of anilines is 1. The van der Waals surface area contributed by atoms with Crippen molar-refractivity contribution in [2.24, 2.45) is 5.73 Å². The molecule has 0 bridgehead atoms. The summed E-state index contributed by atoms with van der Waals surface area (Å²) in [4.78, 5) is 32.3. The second kappa shape index (κ2) is 9.72. The summed E-state index contributed by atoms with van der Waals surface area (Å²) < 4.78 is 10.1. The highest BCUT2D eigenvalue weighted by atomic mass is 35.5. The maximum Gasteiger partial charge on any atom is 0.355 e. The minimum Gasteiger partial charge on any atom is -0.466 e. The molecule has 0 aliphatic carbocycles. The number of nitrogens with two attached hydrogens (primary N) is 1. The number of fused-ring (bicyclic) bond motifs is 1. The average molecular weight is 503 g/mol. The number of rotatable bonds is 4. The zero-order valence-electron chi connectivity index (χ0n) is 20.1. The number of hydrogen-bond acceptors (Lipinski definition) is 8. The Balaban J connectivity index is 2.11. The van der Waals surface area contributed by atoms with Crippen LogP contribution in [0.3, 0.4) is 0 Å². The van der Waals surface area contributed by atoms with Crippen LogP contribution < -0.4 is 10.6 Å². The van der Waals surface area contributed by atoms with Crippen molar-refractivity contribution in [2.45, 2.75) is 19.8 Å². The zero-order valence-corrected chi connectivity index (χ0v) is 20.9. The average Bonchev–Trinajstić information content (AvgIpc) is 2.88. The predicted molar refractivity (Wildman–Crippen MR) is 136 cm³/mol. The molecule has 36 heavy (non-hydrogen) atoms. The molecule has 4 rings (SSSR count). The van der Waals surface area contributed by atoms with Gasteiger partial charge in [0.15, 0.2) is 0 Å². The molecule has 0 amide bonds. The van der Waals surface area contributed by atoms with Crippen molar-refractivity contribution in [2.75, 3.05) is 19.1 Å². The number of carbonyl (C=O) groups is 2. The Morgan fingerprint density at radius 2 is 1.75 bits per heavy atom. The number of pyridine rings is 1. The molecule has 2 heterocycles. The lowest BCUT2D eigenvalue weighted by Crippen LogP contribution is -2.40. The van der Waals surface area contributed by atoms with E-state index in [4.69, 9.17) is 26.8 Å². The molecule has 0 spiro atoms. The van der Waals surface area contributed by atoms with E-state index in [1.165, 1.54) is 19.1 Å². The summed E-state index contributed by atoms with van der Waals surface area (Å²) in [5, 5.41) is 11.0. The van der Waals surface area contributed by atoms with E-state index < -0.39 is 17.9 Å². The van der Waals surface area contributed by atoms with Crippen molar-refractivity contribution in [3.05, 3.63) is 93.0 Å². The quantitative estimate of drug-likeness (QED) is 0.412. The highest BCUT2D eigenvalue weighted by Crippen LogP contribution is 2.45. The van der Waals surface area contributed by atoms with Crippen LogP contribution in [0.25, 0.3) is 10.9 Å². The first kappa shape index (κ1) is 24.8. The van der Waals surface area contributed by atoms with Crippen LogP contribution in [0.1, 0.15) is 22.6 Å². The lowest BCUT2D eigenvalue weighted by atomic mass is 9.81. The van der Waals surface area contributed by atoms with Crippen LogP contribution >= 0.6 is 11.6 Å². The second-order valence-corrected chi connectivity index (χ2v) is 8.61. The van der Waals surface area contributed by atoms with Crippen LogP contribution in [0.2, 0.25) is 5.15 Å². The molecule has 182 valence electrons. The van der Waals surface area contributed by atoms with Gasteiger partial charge in [0.25, 0.3) is 0 Å². The molecule has 1 aliphatic rings. The van der Waals surface area contributed by atoms with Gasteiger partial charge >= 0.3 is 11.9 Å². The van der Waals surface area contributed by atoms with E-state index in [0.717, 1.165) is 16.5 Å². The minimum atomic E-state index is -1.12. The summed E-state index contributed by atoms with van der Waals surface area (Å²) in [5.74, 6) is -2.82. The summed E-state index contributed by atoms with van der Waals surface area (Å²) in [6, 6.07) is 16.5. The van der Waals surface area contributed by atoms with Gasteiger partial charge < -0.3 is 15.2 Å². The summed E-state index contributed by atoms with van der Waals surface area (Å²) in [7, 11) is 2.39. The lowest BCUT2D eigenvalue weighted by Gasteiger charge is -2.36. The van der Waals surface area contributed by atoms with Crippen molar-refractivity contribution in [3.8, 4) is 6.07 Å². The van der Waals surface area contributed by atoms with Gasteiger partial charge in [0.1, 0.15) is 16.7 Å². The molecule has 0 saturated carbocycles. The fourth-order valence-corrected chi connectivity index (χ4v) is 4.54. The number of nitriles is 1. The summed E-state index contributed by atoms with van der Waals surface area (Å²) in [6.07, 6.45) is 0. The smallest absolute Gasteiger partial charge is 0.355 e. The number of esters is 2. The molecule has 3 aromatic rings. The number of nitrogens with zero attached hydrogens (tertiary/aromatic N) is 3. The largest absolute Gasteiger partial charge is 0.466 e. The van der Waals surface area contributed by atoms with E-state index in [9.17, 15) is 14.9 Å². The summed E-state index contributed by atoms with van der Waals surface area (Å²) >= 11 is 6.58. The standard InChI is InChI=1S/C27H23ClN4O4/c1-14-9-10-17(11-15(14)2)32-23(27(34)36-4)22(26(33)35-3)21(19(13-29)25(32)30)18-12-16-7-5-6-8-20(16)31-24(18)28/h5-12,21H,30H2,1-4H3. The molecule has 1 unspecified atom stereocenters. The van der Waals surface area contributed by atoms with Gasteiger partial charge in [-0.3, -0.25) is 4.90 Å². The van der Waals surface area contributed by atoms with Crippen molar-refractivity contribution < 1.29 is 19.1 Å². The van der Waals surface area contributed by atoms with Crippen molar-refractivity contribution >= 4 is 40.1 Å². The van der Waals surface area contributed by atoms with Crippen LogP contribution in [-0.4, -0.2) is 31.1 Å². The highest BCUT2D eigenvalue weighted by Gasteiger charge is 2.44. The number of ether oxygens (including phenoxy) is 2. The third kappa shape index (κ3) is 4.04. The first-order chi connectivity index (χ1) is 17.2. The number of halogens is 1. The predicted octanol–water partition coefficient (Wildman–Crippen LogP) is 4.40. The Labute approximate surface area is 213 Å². The number of benzene rings is 2. The molecule has 2 aromatic carbocycles. The van der Waals surface area contributed by atoms with Crippen LogP contribution in [-0.2, 0) is 19.1 Å². The van der Waals surface area contributed by atoms with E-state index >= 15 is 0 Å². The first-order valence-corrected chi connectivity index (χ1v) is 11.3. The van der Waals surface area contributed by atoms with E-state index in [-0.39, 0.29) is 27.8 Å².